The molecule has 0 spiro atoms. The topological polar surface area (TPSA) is 49.6 Å². The molecule has 25 heavy (non-hydrogen) atoms. The third-order valence-corrected chi connectivity index (χ3v) is 5.93. The van der Waals surface area contributed by atoms with E-state index in [1.165, 1.54) is 6.42 Å². The maximum atomic E-state index is 13.3. The van der Waals surface area contributed by atoms with Crippen molar-refractivity contribution in [2.45, 2.75) is 65.3 Å². The molecule has 5 nitrogen and oxygen atoms in total. The summed E-state index contributed by atoms with van der Waals surface area (Å²) in [4.78, 5) is 17.5. The van der Waals surface area contributed by atoms with Crippen molar-refractivity contribution >= 4 is 5.91 Å². The van der Waals surface area contributed by atoms with Crippen LogP contribution in [0.25, 0.3) is 0 Å². The summed E-state index contributed by atoms with van der Waals surface area (Å²) in [5.41, 5.74) is 1.90. The molecular formula is C20H33N3O2. The van der Waals surface area contributed by atoms with E-state index < -0.39 is 0 Å². The van der Waals surface area contributed by atoms with Gasteiger partial charge in [0.1, 0.15) is 5.76 Å². The highest BCUT2D eigenvalue weighted by Crippen LogP contribution is 2.38. The molecule has 1 aliphatic carbocycles. The Balaban J connectivity index is 1.82. The van der Waals surface area contributed by atoms with Gasteiger partial charge in [-0.3, -0.25) is 4.79 Å². The molecule has 2 atom stereocenters. The quantitative estimate of drug-likeness (QED) is 0.841. The van der Waals surface area contributed by atoms with Crippen molar-refractivity contribution in [3.63, 3.8) is 0 Å². The number of fused-ring (bicyclic) bond motifs is 1. The first-order chi connectivity index (χ1) is 11.8. The van der Waals surface area contributed by atoms with Crippen LogP contribution in [-0.4, -0.2) is 54.1 Å². The molecule has 3 rings (SSSR count). The number of hydrogen-bond acceptors (Lipinski definition) is 4. The zero-order chi connectivity index (χ0) is 18.2. The largest absolute Gasteiger partial charge is 0.360 e. The van der Waals surface area contributed by atoms with Crippen molar-refractivity contribution < 1.29 is 9.32 Å². The van der Waals surface area contributed by atoms with Gasteiger partial charge in [0.25, 0.3) is 5.91 Å². The molecule has 0 N–H and O–H groups in total. The summed E-state index contributed by atoms with van der Waals surface area (Å²) in [5.74, 6) is 1.58. The van der Waals surface area contributed by atoms with Gasteiger partial charge in [-0.2, -0.15) is 0 Å². The van der Waals surface area contributed by atoms with Gasteiger partial charge in [0.15, 0.2) is 5.69 Å². The summed E-state index contributed by atoms with van der Waals surface area (Å²) < 4.78 is 5.57. The number of carbonyl (C=O) groups excluding carboxylic acids is 1. The van der Waals surface area contributed by atoms with Crippen molar-refractivity contribution in [3.05, 3.63) is 17.0 Å². The number of hydrogen-bond donors (Lipinski definition) is 0. The summed E-state index contributed by atoms with van der Waals surface area (Å²) in [6.07, 6.45) is 6.29. The molecule has 0 saturated carbocycles. The molecule has 0 aromatic carbocycles. The van der Waals surface area contributed by atoms with E-state index in [0.717, 1.165) is 56.5 Å². The number of aryl methyl sites for hydroxylation is 1. The van der Waals surface area contributed by atoms with E-state index in [9.17, 15) is 4.79 Å². The molecule has 1 aliphatic heterocycles. The molecule has 0 radical (unpaired) electrons. The van der Waals surface area contributed by atoms with Crippen LogP contribution in [0.3, 0.4) is 0 Å². The van der Waals surface area contributed by atoms with Crippen molar-refractivity contribution in [1.82, 2.24) is 15.0 Å². The zero-order valence-corrected chi connectivity index (χ0v) is 16.5. The fourth-order valence-electron chi connectivity index (χ4n) is 4.33. The van der Waals surface area contributed by atoms with Crippen molar-refractivity contribution in [2.75, 3.05) is 27.2 Å². The van der Waals surface area contributed by atoms with Crippen molar-refractivity contribution in [3.8, 4) is 0 Å². The minimum Gasteiger partial charge on any atom is -0.360 e. The fourth-order valence-corrected chi connectivity index (χ4v) is 4.33. The predicted molar refractivity (Wildman–Crippen MR) is 98.7 cm³/mol. The van der Waals surface area contributed by atoms with Crippen LogP contribution in [0.5, 0.6) is 0 Å². The summed E-state index contributed by atoms with van der Waals surface area (Å²) in [7, 11) is 4.15. The first-order valence-electron chi connectivity index (χ1n) is 9.70. The van der Waals surface area contributed by atoms with Gasteiger partial charge in [-0.1, -0.05) is 25.9 Å². The first-order valence-corrected chi connectivity index (χ1v) is 9.70. The summed E-state index contributed by atoms with van der Waals surface area (Å²) in [6, 6.07) is 0.283. The average Bonchev–Trinajstić information content (AvgIpc) is 2.96. The van der Waals surface area contributed by atoms with Gasteiger partial charge in [-0.15, -0.1) is 0 Å². The van der Waals surface area contributed by atoms with Gasteiger partial charge >= 0.3 is 0 Å². The van der Waals surface area contributed by atoms with Crippen molar-refractivity contribution in [2.24, 2.45) is 11.3 Å². The second-order valence-electron chi connectivity index (χ2n) is 9.15. The lowest BCUT2D eigenvalue weighted by atomic mass is 9.71. The molecule has 0 bridgehead atoms. The van der Waals surface area contributed by atoms with Gasteiger partial charge in [-0.25, -0.2) is 0 Å². The maximum Gasteiger partial charge on any atom is 0.276 e. The standard InChI is InChI=1S/C20H33N3O2/c1-20(2,3)14-9-10-17-16(12-14)18(21-25-17)19(24)23-11-7-6-8-15(23)13-22(4)5/h14-15H,6-13H2,1-5H3/t14-,15-/m0/s1. The molecule has 0 unspecified atom stereocenters. The number of amides is 1. The lowest BCUT2D eigenvalue weighted by Crippen LogP contribution is -2.48. The highest BCUT2D eigenvalue weighted by molar-refractivity contribution is 5.94. The SMILES string of the molecule is CN(C)C[C@@H]1CCCCN1C(=O)c1noc2c1C[C@@H](C(C)(C)C)CC2. The van der Waals surface area contributed by atoms with Gasteiger partial charge in [0, 0.05) is 31.1 Å². The summed E-state index contributed by atoms with van der Waals surface area (Å²) in [6.45, 7) is 8.61. The van der Waals surface area contributed by atoms with Gasteiger partial charge < -0.3 is 14.3 Å². The molecule has 1 aromatic heterocycles. The molecule has 1 amide bonds. The smallest absolute Gasteiger partial charge is 0.276 e. The first kappa shape index (κ1) is 18.4. The number of likely N-dealkylation sites (tertiary alicyclic amines) is 1. The van der Waals surface area contributed by atoms with Crippen LogP contribution in [0.15, 0.2) is 4.52 Å². The Hall–Kier alpha value is -1.36. The summed E-state index contributed by atoms with van der Waals surface area (Å²) in [5, 5.41) is 4.22. The number of likely N-dealkylation sites (N-methyl/N-ethyl adjacent to an activating group) is 1. The van der Waals surface area contributed by atoms with Crippen LogP contribution in [0.4, 0.5) is 0 Å². The number of rotatable bonds is 3. The summed E-state index contributed by atoms with van der Waals surface area (Å²) >= 11 is 0. The average molecular weight is 348 g/mol. The van der Waals surface area contributed by atoms with E-state index in [4.69, 9.17) is 4.52 Å². The predicted octanol–water partition coefficient (Wildman–Crippen LogP) is 3.38. The Bertz CT molecular complexity index is 615. The van der Waals surface area contributed by atoms with E-state index >= 15 is 0 Å². The number of carbonyl (C=O) groups is 1. The van der Waals surface area contributed by atoms with Crippen LogP contribution < -0.4 is 0 Å². The van der Waals surface area contributed by atoms with Crippen LogP contribution in [0.1, 0.15) is 68.3 Å². The van der Waals surface area contributed by atoms with E-state index in [0.29, 0.717) is 11.6 Å². The highest BCUT2D eigenvalue weighted by Gasteiger charge is 2.37. The van der Waals surface area contributed by atoms with Gasteiger partial charge in [-0.05, 0) is 57.5 Å². The van der Waals surface area contributed by atoms with Crippen LogP contribution in [0.2, 0.25) is 0 Å². The molecule has 1 fully saturated rings. The molecule has 140 valence electrons. The zero-order valence-electron chi connectivity index (χ0n) is 16.5. The number of aromatic nitrogens is 1. The second kappa shape index (κ2) is 7.10. The van der Waals surface area contributed by atoms with Crippen LogP contribution in [0, 0.1) is 11.3 Å². The second-order valence-corrected chi connectivity index (χ2v) is 9.15. The van der Waals surface area contributed by atoms with E-state index in [1.54, 1.807) is 0 Å². The van der Waals surface area contributed by atoms with Gasteiger partial charge in [0.05, 0.1) is 0 Å². The Morgan fingerprint density at radius 1 is 1.28 bits per heavy atom. The molecule has 1 saturated heterocycles. The minimum atomic E-state index is 0.0751. The Labute approximate surface area is 151 Å². The van der Waals surface area contributed by atoms with E-state index in [2.05, 4.69) is 44.9 Å². The van der Waals surface area contributed by atoms with Crippen LogP contribution in [-0.2, 0) is 12.8 Å². The molecule has 2 aliphatic rings. The third kappa shape index (κ3) is 3.91. The van der Waals surface area contributed by atoms with Gasteiger partial charge in [0.2, 0.25) is 0 Å². The van der Waals surface area contributed by atoms with Crippen molar-refractivity contribution in [1.29, 1.82) is 0 Å². The minimum absolute atomic E-state index is 0.0751. The fraction of sp³-hybridized carbons (Fsp3) is 0.800. The highest BCUT2D eigenvalue weighted by atomic mass is 16.5. The molecule has 2 heterocycles. The Kier molecular flexibility index (Phi) is 5.24. The Morgan fingerprint density at radius 3 is 2.72 bits per heavy atom. The third-order valence-electron chi connectivity index (χ3n) is 5.93. The normalized spacial score (nSPS) is 24.5. The molecule has 1 aromatic rings. The monoisotopic (exact) mass is 347 g/mol. The van der Waals surface area contributed by atoms with E-state index in [-0.39, 0.29) is 17.4 Å². The molecular weight excluding hydrogens is 314 g/mol. The maximum absolute atomic E-state index is 13.3. The lowest BCUT2D eigenvalue weighted by molar-refractivity contribution is 0.0563. The lowest BCUT2D eigenvalue weighted by Gasteiger charge is -2.37. The number of piperidine rings is 1. The molecule has 5 heteroatoms. The Morgan fingerprint density at radius 2 is 2.04 bits per heavy atom. The van der Waals surface area contributed by atoms with E-state index in [1.807, 2.05) is 4.90 Å². The van der Waals surface area contributed by atoms with Crippen LogP contribution >= 0.6 is 0 Å². The number of nitrogens with zero attached hydrogens (tertiary/aromatic N) is 3.